The van der Waals surface area contributed by atoms with Gasteiger partial charge in [0.1, 0.15) is 0 Å². The van der Waals surface area contributed by atoms with Gasteiger partial charge in [0.2, 0.25) is 10.0 Å². The van der Waals surface area contributed by atoms with Crippen molar-refractivity contribution >= 4 is 27.5 Å². The quantitative estimate of drug-likeness (QED) is 0.358. The molecule has 0 saturated heterocycles. The lowest BCUT2D eigenvalue weighted by Gasteiger charge is -2.12. The van der Waals surface area contributed by atoms with Crippen molar-refractivity contribution in [1.82, 2.24) is 15.6 Å². The Morgan fingerprint density at radius 2 is 1.52 bits per heavy atom. The first kappa shape index (κ1) is 23.6. The number of aryl methyl sites for hydroxylation is 1. The number of nitro benzene ring substituents is 1. The van der Waals surface area contributed by atoms with Gasteiger partial charge in [-0.2, -0.15) is 0 Å². The van der Waals surface area contributed by atoms with Crippen LogP contribution in [-0.2, 0) is 16.6 Å². The van der Waals surface area contributed by atoms with Gasteiger partial charge in [0.15, 0.2) is 0 Å². The van der Waals surface area contributed by atoms with Crippen molar-refractivity contribution in [1.29, 1.82) is 0 Å². The van der Waals surface area contributed by atoms with E-state index in [4.69, 9.17) is 0 Å². The fourth-order valence-corrected chi connectivity index (χ4v) is 4.19. The Bertz CT molecular complexity index is 1310. The Hall–Kier alpha value is -4.09. The number of sulfonamides is 1. The van der Waals surface area contributed by atoms with Crippen molar-refractivity contribution in [2.75, 3.05) is 0 Å². The van der Waals surface area contributed by atoms with Crippen molar-refractivity contribution in [3.63, 3.8) is 0 Å². The van der Waals surface area contributed by atoms with Crippen LogP contribution in [0.3, 0.4) is 0 Å². The number of nitrogens with one attached hydrogen (secondary N) is 3. The lowest BCUT2D eigenvalue weighted by Crippen LogP contribution is -2.41. The first-order valence-electron chi connectivity index (χ1n) is 9.67. The summed E-state index contributed by atoms with van der Waals surface area (Å²) < 4.78 is 28.0. The maximum Gasteiger partial charge on any atom is 0.270 e. The maximum atomic E-state index is 12.8. The van der Waals surface area contributed by atoms with E-state index in [1.807, 2.05) is 6.07 Å². The SMILES string of the molecule is Cc1ccc(C(=O)NNC(=O)c2cccc([N+](=O)[O-])c2)cc1S(=O)(=O)NCc1ccccc1. The number of amides is 2. The average molecular weight is 468 g/mol. The summed E-state index contributed by atoms with van der Waals surface area (Å²) in [5.74, 6) is -1.52. The number of nitro groups is 1. The molecule has 0 aliphatic carbocycles. The van der Waals surface area contributed by atoms with Crippen LogP contribution >= 0.6 is 0 Å². The van der Waals surface area contributed by atoms with Crippen LogP contribution in [0.1, 0.15) is 31.8 Å². The number of hydrogen-bond donors (Lipinski definition) is 3. The maximum absolute atomic E-state index is 12.8. The first-order valence-corrected chi connectivity index (χ1v) is 11.1. The highest BCUT2D eigenvalue weighted by molar-refractivity contribution is 7.89. The van der Waals surface area contributed by atoms with E-state index in [-0.39, 0.29) is 28.3 Å². The van der Waals surface area contributed by atoms with Gasteiger partial charge in [-0.25, -0.2) is 13.1 Å². The van der Waals surface area contributed by atoms with Crippen molar-refractivity contribution in [2.45, 2.75) is 18.4 Å². The van der Waals surface area contributed by atoms with Crippen LogP contribution in [0, 0.1) is 17.0 Å². The third-order valence-electron chi connectivity index (χ3n) is 4.66. The monoisotopic (exact) mass is 468 g/mol. The molecule has 0 heterocycles. The molecule has 11 heteroatoms. The summed E-state index contributed by atoms with van der Waals surface area (Å²) >= 11 is 0. The summed E-state index contributed by atoms with van der Waals surface area (Å²) in [4.78, 5) is 34.8. The van der Waals surface area contributed by atoms with Crippen molar-refractivity contribution in [2.24, 2.45) is 0 Å². The molecule has 0 bridgehead atoms. The van der Waals surface area contributed by atoms with Crippen LogP contribution in [0.2, 0.25) is 0 Å². The van der Waals surface area contributed by atoms with E-state index < -0.39 is 26.8 Å². The molecule has 10 nitrogen and oxygen atoms in total. The molecule has 0 spiro atoms. The van der Waals surface area contributed by atoms with Gasteiger partial charge in [-0.05, 0) is 36.2 Å². The summed E-state index contributed by atoms with van der Waals surface area (Å²) in [6.07, 6.45) is 0. The third kappa shape index (κ3) is 5.99. The minimum Gasteiger partial charge on any atom is -0.267 e. The van der Waals surface area contributed by atoms with Gasteiger partial charge in [-0.1, -0.05) is 42.5 Å². The van der Waals surface area contributed by atoms with Crippen LogP contribution in [0.15, 0.2) is 77.7 Å². The van der Waals surface area contributed by atoms with E-state index in [9.17, 15) is 28.1 Å². The second-order valence-electron chi connectivity index (χ2n) is 7.01. The van der Waals surface area contributed by atoms with E-state index >= 15 is 0 Å². The zero-order valence-corrected chi connectivity index (χ0v) is 18.3. The summed E-state index contributed by atoms with van der Waals surface area (Å²) in [6, 6.07) is 18.1. The number of carbonyl (C=O) groups is 2. The van der Waals surface area contributed by atoms with Gasteiger partial charge in [-0.15, -0.1) is 0 Å². The zero-order chi connectivity index (χ0) is 24.0. The summed E-state index contributed by atoms with van der Waals surface area (Å²) in [6.45, 7) is 1.68. The van der Waals surface area contributed by atoms with Crippen LogP contribution in [0.25, 0.3) is 0 Å². The molecule has 3 N–H and O–H groups in total. The Kier molecular flexibility index (Phi) is 7.16. The molecule has 0 fully saturated rings. The molecule has 0 aliphatic heterocycles. The van der Waals surface area contributed by atoms with Crippen molar-refractivity contribution in [3.8, 4) is 0 Å². The molecular weight excluding hydrogens is 448 g/mol. The van der Waals surface area contributed by atoms with Gasteiger partial charge < -0.3 is 0 Å². The molecule has 0 unspecified atom stereocenters. The molecule has 0 radical (unpaired) electrons. The first-order chi connectivity index (χ1) is 15.7. The average Bonchev–Trinajstić information content (AvgIpc) is 2.82. The molecule has 3 aromatic rings. The molecule has 0 aromatic heterocycles. The van der Waals surface area contributed by atoms with Gasteiger partial charge in [-0.3, -0.25) is 30.6 Å². The van der Waals surface area contributed by atoms with E-state index in [0.717, 1.165) is 11.6 Å². The molecule has 0 saturated carbocycles. The number of benzene rings is 3. The van der Waals surface area contributed by atoms with Gasteiger partial charge >= 0.3 is 0 Å². The highest BCUT2D eigenvalue weighted by atomic mass is 32.2. The second kappa shape index (κ2) is 10.0. The molecule has 2 amide bonds. The van der Waals surface area contributed by atoms with E-state index in [2.05, 4.69) is 15.6 Å². The van der Waals surface area contributed by atoms with E-state index in [1.165, 1.54) is 36.4 Å². The smallest absolute Gasteiger partial charge is 0.267 e. The number of carbonyl (C=O) groups excluding carboxylic acids is 2. The highest BCUT2D eigenvalue weighted by Crippen LogP contribution is 2.18. The Balaban J connectivity index is 1.70. The molecule has 33 heavy (non-hydrogen) atoms. The highest BCUT2D eigenvalue weighted by Gasteiger charge is 2.19. The lowest BCUT2D eigenvalue weighted by molar-refractivity contribution is -0.384. The summed E-state index contributed by atoms with van der Waals surface area (Å²) in [5.41, 5.74) is 5.25. The minimum absolute atomic E-state index is 0.0000262. The summed E-state index contributed by atoms with van der Waals surface area (Å²) in [7, 11) is -3.91. The topological polar surface area (TPSA) is 148 Å². The molecule has 170 valence electrons. The van der Waals surface area contributed by atoms with Crippen LogP contribution in [0.5, 0.6) is 0 Å². The minimum atomic E-state index is -3.91. The number of hydrazine groups is 1. The van der Waals surface area contributed by atoms with E-state index in [1.54, 1.807) is 31.2 Å². The lowest BCUT2D eigenvalue weighted by atomic mass is 10.1. The van der Waals surface area contributed by atoms with Gasteiger partial charge in [0, 0.05) is 29.8 Å². The van der Waals surface area contributed by atoms with E-state index in [0.29, 0.717) is 5.56 Å². The molecule has 3 aromatic carbocycles. The van der Waals surface area contributed by atoms with Gasteiger partial charge in [0.25, 0.3) is 17.5 Å². The fourth-order valence-electron chi connectivity index (χ4n) is 2.90. The number of rotatable bonds is 7. The number of nitrogens with zero attached hydrogens (tertiary/aromatic N) is 1. The number of non-ortho nitro benzene ring substituents is 1. The normalized spacial score (nSPS) is 10.9. The molecule has 0 aliphatic rings. The molecule has 3 rings (SSSR count). The Morgan fingerprint density at radius 1 is 0.879 bits per heavy atom. The molecular formula is C22H20N4O6S. The Morgan fingerprint density at radius 3 is 2.15 bits per heavy atom. The van der Waals surface area contributed by atoms with Crippen LogP contribution in [0.4, 0.5) is 5.69 Å². The van der Waals surface area contributed by atoms with Crippen molar-refractivity contribution in [3.05, 3.63) is 105 Å². The fraction of sp³-hybridized carbons (Fsp3) is 0.0909. The largest absolute Gasteiger partial charge is 0.270 e. The second-order valence-corrected chi connectivity index (χ2v) is 8.74. The predicted molar refractivity (Wildman–Crippen MR) is 120 cm³/mol. The zero-order valence-electron chi connectivity index (χ0n) is 17.4. The standard InChI is InChI=1S/C22H20N4O6S/c1-15-10-11-18(13-20(15)33(31,32)23-14-16-6-3-2-4-7-16)22(28)25-24-21(27)17-8-5-9-19(12-17)26(29)30/h2-13,23H,14H2,1H3,(H,24,27)(H,25,28). The molecule has 0 atom stereocenters. The van der Waals surface area contributed by atoms with Crippen LogP contribution < -0.4 is 15.6 Å². The van der Waals surface area contributed by atoms with Crippen LogP contribution in [-0.4, -0.2) is 25.2 Å². The number of hydrogen-bond acceptors (Lipinski definition) is 6. The Labute approximate surface area is 189 Å². The van der Waals surface area contributed by atoms with Crippen molar-refractivity contribution < 1.29 is 22.9 Å². The summed E-state index contributed by atoms with van der Waals surface area (Å²) in [5, 5.41) is 10.8. The van der Waals surface area contributed by atoms with Gasteiger partial charge in [0.05, 0.1) is 9.82 Å². The predicted octanol–water partition coefficient (Wildman–Crippen LogP) is 2.46. The third-order valence-corrected chi connectivity index (χ3v) is 6.20.